The third kappa shape index (κ3) is 3.19. The Morgan fingerprint density at radius 2 is 2.10 bits per heavy atom. The summed E-state index contributed by atoms with van der Waals surface area (Å²) < 4.78 is 15.5. The molecule has 0 bridgehead atoms. The highest BCUT2D eigenvalue weighted by Crippen LogP contribution is 2.19. The van der Waals surface area contributed by atoms with Gasteiger partial charge in [-0.25, -0.2) is 9.37 Å². The average molecular weight is 284 g/mol. The molecule has 2 heterocycles. The molecule has 21 heavy (non-hydrogen) atoms. The van der Waals surface area contributed by atoms with Crippen molar-refractivity contribution in [3.05, 3.63) is 54.7 Å². The van der Waals surface area contributed by atoms with Crippen molar-refractivity contribution in [1.82, 2.24) is 25.0 Å². The van der Waals surface area contributed by atoms with E-state index in [9.17, 15) is 4.39 Å². The maximum absolute atomic E-state index is 13.7. The Morgan fingerprint density at radius 1 is 1.19 bits per heavy atom. The first-order valence-corrected chi connectivity index (χ1v) is 6.49. The van der Waals surface area contributed by atoms with Crippen LogP contribution in [0, 0.1) is 5.82 Å². The Hall–Kier alpha value is -2.83. The fourth-order valence-corrected chi connectivity index (χ4v) is 1.89. The van der Waals surface area contributed by atoms with Crippen LogP contribution in [0.4, 0.5) is 10.3 Å². The van der Waals surface area contributed by atoms with Gasteiger partial charge in [0, 0.05) is 24.5 Å². The van der Waals surface area contributed by atoms with Crippen LogP contribution in [-0.2, 0) is 6.54 Å². The van der Waals surface area contributed by atoms with Crippen LogP contribution in [0.2, 0.25) is 0 Å². The number of anilines is 1. The van der Waals surface area contributed by atoms with Crippen LogP contribution in [0.1, 0.15) is 0 Å². The lowest BCUT2D eigenvalue weighted by Crippen LogP contribution is -2.13. The molecule has 0 fully saturated rings. The summed E-state index contributed by atoms with van der Waals surface area (Å²) in [6, 6.07) is 8.30. The van der Waals surface area contributed by atoms with E-state index < -0.39 is 0 Å². The molecule has 0 unspecified atom stereocenters. The van der Waals surface area contributed by atoms with E-state index in [-0.39, 0.29) is 5.82 Å². The van der Waals surface area contributed by atoms with Crippen molar-refractivity contribution in [2.24, 2.45) is 0 Å². The number of halogens is 1. The molecule has 0 atom stereocenters. The van der Waals surface area contributed by atoms with Gasteiger partial charge >= 0.3 is 0 Å². The van der Waals surface area contributed by atoms with Gasteiger partial charge in [0.05, 0.1) is 18.4 Å². The van der Waals surface area contributed by atoms with Gasteiger partial charge in [-0.3, -0.25) is 4.68 Å². The summed E-state index contributed by atoms with van der Waals surface area (Å²) in [4.78, 5) is 4.27. The zero-order valence-electron chi connectivity index (χ0n) is 11.1. The van der Waals surface area contributed by atoms with E-state index in [0.29, 0.717) is 30.3 Å². The van der Waals surface area contributed by atoms with Gasteiger partial charge in [-0.1, -0.05) is 12.1 Å². The van der Waals surface area contributed by atoms with Crippen molar-refractivity contribution < 1.29 is 4.39 Å². The maximum atomic E-state index is 13.7. The summed E-state index contributed by atoms with van der Waals surface area (Å²) in [5.74, 6) is 0.0309. The van der Waals surface area contributed by atoms with Crippen LogP contribution in [0.5, 0.6) is 0 Å². The van der Waals surface area contributed by atoms with Crippen molar-refractivity contribution in [3.8, 4) is 11.3 Å². The molecule has 0 spiro atoms. The van der Waals surface area contributed by atoms with E-state index >= 15 is 0 Å². The predicted octanol–water partition coefficient (Wildman–Crippen LogP) is 1.99. The fraction of sp³-hybridized carbons (Fsp3) is 0.143. The molecule has 3 aromatic rings. The molecule has 0 aliphatic heterocycles. The molecule has 0 saturated carbocycles. The third-order valence-corrected chi connectivity index (χ3v) is 2.89. The number of hydrogen-bond acceptors (Lipinski definition) is 5. The first-order chi connectivity index (χ1) is 10.3. The van der Waals surface area contributed by atoms with Crippen LogP contribution >= 0.6 is 0 Å². The topological polar surface area (TPSA) is 68.5 Å². The number of benzene rings is 1. The van der Waals surface area contributed by atoms with Crippen LogP contribution in [0.3, 0.4) is 0 Å². The molecular weight excluding hydrogens is 271 g/mol. The number of aromatic nitrogens is 5. The third-order valence-electron chi connectivity index (χ3n) is 2.89. The highest BCUT2D eigenvalue weighted by Gasteiger charge is 2.07. The van der Waals surface area contributed by atoms with Crippen LogP contribution < -0.4 is 5.32 Å². The number of nitrogens with one attached hydrogen (secondary N) is 1. The molecule has 0 amide bonds. The second-order valence-corrected chi connectivity index (χ2v) is 4.34. The van der Waals surface area contributed by atoms with Gasteiger partial charge in [0.1, 0.15) is 5.82 Å². The van der Waals surface area contributed by atoms with Crippen molar-refractivity contribution in [2.45, 2.75) is 6.54 Å². The van der Waals surface area contributed by atoms with Gasteiger partial charge in [0.15, 0.2) is 0 Å². The minimum absolute atomic E-state index is 0.333. The van der Waals surface area contributed by atoms with E-state index in [0.717, 1.165) is 0 Å². The number of hydrogen-bond donors (Lipinski definition) is 1. The summed E-state index contributed by atoms with van der Waals surface area (Å²) in [5.41, 5.74) is 0.854. The molecular formula is C14H13FN6. The molecule has 7 heteroatoms. The second-order valence-electron chi connectivity index (χ2n) is 4.34. The smallest absolute Gasteiger partial charge is 0.243 e. The van der Waals surface area contributed by atoms with Gasteiger partial charge < -0.3 is 5.32 Å². The van der Waals surface area contributed by atoms with Crippen molar-refractivity contribution in [2.75, 3.05) is 11.9 Å². The van der Waals surface area contributed by atoms with E-state index in [1.807, 2.05) is 12.3 Å². The Kier molecular flexibility index (Phi) is 3.81. The average Bonchev–Trinajstić information content (AvgIpc) is 3.01. The Bertz CT molecular complexity index is 713. The lowest BCUT2D eigenvalue weighted by Gasteiger charge is -2.06. The summed E-state index contributed by atoms with van der Waals surface area (Å²) >= 11 is 0. The van der Waals surface area contributed by atoms with Gasteiger partial charge in [-0.2, -0.15) is 10.2 Å². The largest absolute Gasteiger partial charge is 0.351 e. The molecule has 0 aliphatic carbocycles. The van der Waals surface area contributed by atoms with Crippen LogP contribution in [-0.4, -0.2) is 31.5 Å². The van der Waals surface area contributed by atoms with E-state index in [1.165, 1.54) is 12.3 Å². The minimum atomic E-state index is -0.333. The molecule has 3 rings (SSSR count). The molecule has 2 aromatic heterocycles. The van der Waals surface area contributed by atoms with Crippen LogP contribution in [0.15, 0.2) is 48.9 Å². The van der Waals surface area contributed by atoms with E-state index in [4.69, 9.17) is 0 Å². The molecule has 0 saturated heterocycles. The molecule has 0 radical (unpaired) electrons. The summed E-state index contributed by atoms with van der Waals surface area (Å²) in [7, 11) is 0. The Labute approximate surface area is 120 Å². The van der Waals surface area contributed by atoms with Crippen molar-refractivity contribution >= 4 is 5.95 Å². The van der Waals surface area contributed by atoms with Crippen LogP contribution in [0.25, 0.3) is 11.3 Å². The minimum Gasteiger partial charge on any atom is -0.351 e. The van der Waals surface area contributed by atoms with Crippen molar-refractivity contribution in [3.63, 3.8) is 0 Å². The summed E-state index contributed by atoms with van der Waals surface area (Å²) in [6.45, 7) is 1.28. The Morgan fingerprint density at radius 3 is 2.90 bits per heavy atom. The fourth-order valence-electron chi connectivity index (χ4n) is 1.89. The second kappa shape index (κ2) is 6.08. The molecule has 0 aliphatic rings. The van der Waals surface area contributed by atoms with Gasteiger partial charge in [0.2, 0.25) is 5.95 Å². The molecule has 6 nitrogen and oxygen atoms in total. The monoisotopic (exact) mass is 284 g/mol. The molecule has 1 aromatic carbocycles. The molecule has 1 N–H and O–H groups in total. The lowest BCUT2D eigenvalue weighted by atomic mass is 10.1. The zero-order valence-corrected chi connectivity index (χ0v) is 11.1. The SMILES string of the molecule is Fc1ccccc1-c1cnnc(NCCn2cccn2)n1. The van der Waals surface area contributed by atoms with E-state index in [2.05, 4.69) is 25.6 Å². The Balaban J connectivity index is 1.70. The normalized spacial score (nSPS) is 10.5. The van der Waals surface area contributed by atoms with Gasteiger partial charge in [-0.05, 0) is 18.2 Å². The highest BCUT2D eigenvalue weighted by atomic mass is 19.1. The molecule has 106 valence electrons. The number of rotatable bonds is 5. The summed E-state index contributed by atoms with van der Waals surface area (Å²) in [5, 5.41) is 14.9. The summed E-state index contributed by atoms with van der Waals surface area (Å²) in [6.07, 6.45) is 5.03. The predicted molar refractivity (Wildman–Crippen MR) is 75.9 cm³/mol. The quantitative estimate of drug-likeness (QED) is 0.776. The zero-order chi connectivity index (χ0) is 14.5. The standard InChI is InChI=1S/C14H13FN6/c15-12-5-2-1-4-11(12)13-10-17-20-14(19-13)16-7-9-21-8-3-6-18-21/h1-6,8,10H,7,9H2,(H,16,19,20). The first-order valence-electron chi connectivity index (χ1n) is 6.49. The van der Waals surface area contributed by atoms with Gasteiger partial charge in [-0.15, -0.1) is 5.10 Å². The lowest BCUT2D eigenvalue weighted by molar-refractivity contribution is 0.630. The first kappa shape index (κ1) is 13.2. The highest BCUT2D eigenvalue weighted by molar-refractivity contribution is 5.59. The van der Waals surface area contributed by atoms with Gasteiger partial charge in [0.25, 0.3) is 0 Å². The van der Waals surface area contributed by atoms with E-state index in [1.54, 1.807) is 29.1 Å². The van der Waals surface area contributed by atoms with Crippen molar-refractivity contribution in [1.29, 1.82) is 0 Å². The maximum Gasteiger partial charge on any atom is 0.243 e. The number of nitrogens with zero attached hydrogens (tertiary/aromatic N) is 5.